The van der Waals surface area contributed by atoms with Crippen LogP contribution < -0.4 is 20.1 Å². The molecule has 0 radical (unpaired) electrons. The summed E-state index contributed by atoms with van der Waals surface area (Å²) in [4.78, 5) is 24.3. The molecule has 2 aromatic rings. The highest BCUT2D eigenvalue weighted by molar-refractivity contribution is 7.89. The third-order valence-corrected chi connectivity index (χ3v) is 5.10. The first kappa shape index (κ1) is 22.1. The van der Waals surface area contributed by atoms with Gasteiger partial charge in [-0.1, -0.05) is 12.1 Å². The number of carbonyl (C=O) groups excluding carboxylic acids is 2. The van der Waals surface area contributed by atoms with Crippen LogP contribution in [-0.4, -0.2) is 39.9 Å². The predicted molar refractivity (Wildman–Crippen MR) is 110 cm³/mol. The summed E-state index contributed by atoms with van der Waals surface area (Å²) in [5, 5.41) is 5.12. The van der Waals surface area contributed by atoms with Gasteiger partial charge < -0.3 is 15.4 Å². The summed E-state index contributed by atoms with van der Waals surface area (Å²) in [6, 6.07) is 12.4. The zero-order valence-corrected chi connectivity index (χ0v) is 16.8. The zero-order chi connectivity index (χ0) is 21.3. The van der Waals surface area contributed by atoms with Crippen molar-refractivity contribution in [3.8, 4) is 5.75 Å². The number of amides is 2. The molecule has 0 heterocycles. The smallest absolute Gasteiger partial charge is 0.251 e. The van der Waals surface area contributed by atoms with E-state index in [4.69, 9.17) is 4.74 Å². The standard InChI is InChI=1S/C20H23N3O5S/c1-3-12-22-29(26,27)18-7-5-6-15(13-18)20(25)21-14-19(24)23-16-8-10-17(11-9-16)28-4-2/h3,5-11,13,22H,1,4,12,14H2,2H3,(H,21,25)(H,23,24). The van der Waals surface area contributed by atoms with Gasteiger partial charge in [0.2, 0.25) is 15.9 Å². The summed E-state index contributed by atoms with van der Waals surface area (Å²) < 4.78 is 31.9. The second kappa shape index (κ2) is 10.4. The van der Waals surface area contributed by atoms with Gasteiger partial charge in [-0.3, -0.25) is 9.59 Å². The molecule has 2 aromatic carbocycles. The average molecular weight is 417 g/mol. The Hall–Kier alpha value is -3.17. The largest absolute Gasteiger partial charge is 0.494 e. The number of benzene rings is 2. The molecule has 0 unspecified atom stereocenters. The van der Waals surface area contributed by atoms with Crippen molar-refractivity contribution in [2.24, 2.45) is 0 Å². The monoisotopic (exact) mass is 417 g/mol. The molecule has 154 valence electrons. The second-order valence-corrected chi connectivity index (χ2v) is 7.62. The number of ether oxygens (including phenoxy) is 1. The van der Waals surface area contributed by atoms with Crippen LogP contribution in [0.25, 0.3) is 0 Å². The SMILES string of the molecule is C=CCNS(=O)(=O)c1cccc(C(=O)NCC(=O)Nc2ccc(OCC)cc2)c1. The molecule has 0 aromatic heterocycles. The fraction of sp³-hybridized carbons (Fsp3) is 0.200. The van der Waals surface area contributed by atoms with Gasteiger partial charge in [0.15, 0.2) is 0 Å². The van der Waals surface area contributed by atoms with E-state index in [2.05, 4.69) is 21.9 Å². The van der Waals surface area contributed by atoms with E-state index in [9.17, 15) is 18.0 Å². The topological polar surface area (TPSA) is 114 Å². The van der Waals surface area contributed by atoms with Crippen LogP contribution in [0.3, 0.4) is 0 Å². The number of sulfonamides is 1. The first-order valence-electron chi connectivity index (χ1n) is 8.87. The van der Waals surface area contributed by atoms with Crippen LogP contribution in [-0.2, 0) is 14.8 Å². The molecule has 0 aliphatic rings. The molecule has 8 nitrogen and oxygen atoms in total. The molecule has 0 saturated heterocycles. The van der Waals surface area contributed by atoms with Crippen molar-refractivity contribution in [2.75, 3.05) is 25.0 Å². The van der Waals surface area contributed by atoms with Gasteiger partial charge in [-0.05, 0) is 49.4 Å². The van der Waals surface area contributed by atoms with E-state index in [0.29, 0.717) is 18.0 Å². The predicted octanol–water partition coefficient (Wildman–Crippen LogP) is 1.92. The van der Waals surface area contributed by atoms with E-state index in [0.717, 1.165) is 0 Å². The van der Waals surface area contributed by atoms with E-state index in [1.54, 1.807) is 24.3 Å². The molecule has 0 saturated carbocycles. The van der Waals surface area contributed by atoms with E-state index in [-0.39, 0.29) is 23.5 Å². The summed E-state index contributed by atoms with van der Waals surface area (Å²) in [6.07, 6.45) is 1.41. The third-order valence-electron chi connectivity index (χ3n) is 3.68. The summed E-state index contributed by atoms with van der Waals surface area (Å²) in [5.41, 5.74) is 0.689. The Labute approximate surface area is 170 Å². The van der Waals surface area contributed by atoms with E-state index >= 15 is 0 Å². The fourth-order valence-electron chi connectivity index (χ4n) is 2.33. The molecule has 29 heavy (non-hydrogen) atoms. The van der Waals surface area contributed by atoms with Crippen LogP contribution >= 0.6 is 0 Å². The minimum Gasteiger partial charge on any atom is -0.494 e. The summed E-state index contributed by atoms with van der Waals surface area (Å²) in [5.74, 6) is -0.289. The number of hydrogen-bond donors (Lipinski definition) is 3. The summed E-state index contributed by atoms with van der Waals surface area (Å²) >= 11 is 0. The summed E-state index contributed by atoms with van der Waals surface area (Å²) in [6.45, 7) is 5.68. The van der Waals surface area contributed by atoms with Gasteiger partial charge in [0.1, 0.15) is 5.75 Å². The Kier molecular flexibility index (Phi) is 7.93. The van der Waals surface area contributed by atoms with Gasteiger partial charge >= 0.3 is 0 Å². The molecule has 0 aliphatic heterocycles. The molecule has 0 fully saturated rings. The maximum Gasteiger partial charge on any atom is 0.251 e. The lowest BCUT2D eigenvalue weighted by Gasteiger charge is -2.09. The fourth-order valence-corrected chi connectivity index (χ4v) is 3.37. The van der Waals surface area contributed by atoms with Crippen molar-refractivity contribution in [2.45, 2.75) is 11.8 Å². The number of nitrogens with one attached hydrogen (secondary N) is 3. The number of rotatable bonds is 10. The molecular formula is C20H23N3O5S. The maximum absolute atomic E-state index is 12.3. The lowest BCUT2D eigenvalue weighted by atomic mass is 10.2. The van der Waals surface area contributed by atoms with E-state index in [1.807, 2.05) is 6.92 Å². The van der Waals surface area contributed by atoms with Crippen LogP contribution in [0.2, 0.25) is 0 Å². The van der Waals surface area contributed by atoms with Crippen LogP contribution in [0.5, 0.6) is 5.75 Å². The Morgan fingerprint density at radius 3 is 2.52 bits per heavy atom. The van der Waals surface area contributed by atoms with Gasteiger partial charge in [0.05, 0.1) is 18.0 Å². The van der Waals surface area contributed by atoms with E-state index < -0.39 is 21.8 Å². The lowest BCUT2D eigenvalue weighted by Crippen LogP contribution is -2.33. The first-order chi connectivity index (χ1) is 13.9. The van der Waals surface area contributed by atoms with Crippen LogP contribution in [0.15, 0.2) is 66.1 Å². The van der Waals surface area contributed by atoms with Gasteiger partial charge in [0.25, 0.3) is 5.91 Å². The van der Waals surface area contributed by atoms with Gasteiger partial charge in [0, 0.05) is 17.8 Å². The quantitative estimate of drug-likeness (QED) is 0.511. The van der Waals surface area contributed by atoms with Crippen LogP contribution in [0.1, 0.15) is 17.3 Å². The van der Waals surface area contributed by atoms with Crippen LogP contribution in [0, 0.1) is 0 Å². The lowest BCUT2D eigenvalue weighted by molar-refractivity contribution is -0.115. The highest BCUT2D eigenvalue weighted by Crippen LogP contribution is 2.15. The normalized spacial score (nSPS) is 10.8. The molecule has 2 amide bonds. The average Bonchev–Trinajstić information content (AvgIpc) is 2.72. The van der Waals surface area contributed by atoms with E-state index in [1.165, 1.54) is 30.3 Å². The Balaban J connectivity index is 1.94. The molecule has 0 spiro atoms. The molecule has 3 N–H and O–H groups in total. The highest BCUT2D eigenvalue weighted by atomic mass is 32.2. The number of hydrogen-bond acceptors (Lipinski definition) is 5. The van der Waals surface area contributed by atoms with Crippen molar-refractivity contribution in [1.29, 1.82) is 0 Å². The Morgan fingerprint density at radius 1 is 1.14 bits per heavy atom. The minimum absolute atomic E-state index is 0.0501. The van der Waals surface area contributed by atoms with Crippen molar-refractivity contribution in [3.63, 3.8) is 0 Å². The molecule has 0 aliphatic carbocycles. The van der Waals surface area contributed by atoms with Gasteiger partial charge in [-0.15, -0.1) is 6.58 Å². The second-order valence-electron chi connectivity index (χ2n) is 5.86. The van der Waals surface area contributed by atoms with Crippen molar-refractivity contribution >= 4 is 27.5 Å². The maximum atomic E-state index is 12.3. The molecule has 0 bridgehead atoms. The molecule has 0 atom stereocenters. The molecular weight excluding hydrogens is 394 g/mol. The van der Waals surface area contributed by atoms with Crippen molar-refractivity contribution in [1.82, 2.24) is 10.0 Å². The molecule has 2 rings (SSSR count). The summed E-state index contributed by atoms with van der Waals surface area (Å²) in [7, 11) is -3.75. The van der Waals surface area contributed by atoms with Crippen molar-refractivity contribution in [3.05, 3.63) is 66.7 Å². The number of carbonyl (C=O) groups is 2. The van der Waals surface area contributed by atoms with Gasteiger partial charge in [-0.25, -0.2) is 13.1 Å². The van der Waals surface area contributed by atoms with Gasteiger partial charge in [-0.2, -0.15) is 0 Å². The Morgan fingerprint density at radius 2 is 1.86 bits per heavy atom. The molecule has 9 heteroatoms. The first-order valence-corrected chi connectivity index (χ1v) is 10.4. The van der Waals surface area contributed by atoms with Crippen molar-refractivity contribution < 1.29 is 22.7 Å². The minimum atomic E-state index is -3.75. The zero-order valence-electron chi connectivity index (χ0n) is 16.0. The van der Waals surface area contributed by atoms with Crippen LogP contribution in [0.4, 0.5) is 5.69 Å². The number of anilines is 1. The Bertz CT molecular complexity index is 972. The highest BCUT2D eigenvalue weighted by Gasteiger charge is 2.16. The third kappa shape index (κ3) is 6.74.